The van der Waals surface area contributed by atoms with E-state index in [0.29, 0.717) is 22.6 Å². The molecular weight excluding hydrogens is 1000 g/mol. The Labute approximate surface area is 463 Å². The third-order valence-electron chi connectivity index (χ3n) is 16.4. The third-order valence-corrected chi connectivity index (χ3v) is 29.2. The zero-order valence-electron chi connectivity index (χ0n) is 45.0. The lowest BCUT2D eigenvalue weighted by atomic mass is 9.94. The van der Waals surface area contributed by atoms with E-state index in [0.717, 1.165) is 6.54 Å². The zero-order chi connectivity index (χ0) is 52.2. The highest BCUT2D eigenvalue weighted by molar-refractivity contribution is 7.80. The molecule has 0 radical (unpaired) electrons. The zero-order valence-corrected chi connectivity index (χ0v) is 48.6. The van der Waals surface area contributed by atoms with Crippen LogP contribution in [-0.4, -0.2) is 22.5 Å². The van der Waals surface area contributed by atoms with Crippen LogP contribution in [0.25, 0.3) is 32.7 Å². The molecule has 0 aromatic heterocycles. The smallest absolute Gasteiger partial charge is 0.0319 e. The Morgan fingerprint density at radius 3 is 1.44 bits per heavy atom. The Morgan fingerprint density at radius 1 is 0.403 bits per heavy atom. The normalized spacial score (nSPS) is 19.2. The van der Waals surface area contributed by atoms with Crippen LogP contribution in [0.3, 0.4) is 0 Å². The minimum atomic E-state index is -0.890. The fourth-order valence-corrected chi connectivity index (χ4v) is 27.1. The number of benzene rings is 10. The topological polar surface area (TPSA) is 6.48 Å². The van der Waals surface area contributed by atoms with Gasteiger partial charge in [-0.2, -0.15) is 0 Å². The lowest BCUT2D eigenvalue weighted by Crippen LogP contribution is -2.28. The molecule has 6 atom stereocenters. The van der Waals surface area contributed by atoms with Gasteiger partial charge in [0.25, 0.3) is 0 Å². The molecule has 2 saturated heterocycles. The van der Waals surface area contributed by atoms with Crippen LogP contribution in [-0.2, 0) is 0 Å². The van der Waals surface area contributed by atoms with E-state index in [4.69, 9.17) is 0 Å². The monoisotopic (exact) mass is 1070 g/mol. The van der Waals surface area contributed by atoms with Crippen molar-refractivity contribution in [3.8, 4) is 11.1 Å². The van der Waals surface area contributed by atoms with Crippen LogP contribution in [0.15, 0.2) is 243 Å². The number of aryl methyl sites for hydroxylation is 2. The Bertz CT molecular complexity index is 3490. The molecule has 2 nitrogen and oxygen atoms in total. The molecular formula is C71H70N2P4. The maximum Gasteiger partial charge on any atom is 0.0319 e. The summed E-state index contributed by atoms with van der Waals surface area (Å²) in [5.41, 5.74) is 13.2. The Kier molecular flexibility index (Phi) is 16.1. The van der Waals surface area contributed by atoms with Gasteiger partial charge in [-0.1, -0.05) is 243 Å². The van der Waals surface area contributed by atoms with Crippen LogP contribution < -0.4 is 21.2 Å². The summed E-state index contributed by atoms with van der Waals surface area (Å²) in [5, 5.41) is 11.0. The van der Waals surface area contributed by atoms with E-state index in [-0.39, 0.29) is 0 Å². The lowest BCUT2D eigenvalue weighted by molar-refractivity contribution is 0.632. The molecule has 0 N–H and O–H groups in total. The summed E-state index contributed by atoms with van der Waals surface area (Å²) in [6.07, 6.45) is 7.15. The summed E-state index contributed by atoms with van der Waals surface area (Å²) >= 11 is 0. The highest BCUT2D eigenvalue weighted by Gasteiger charge is 2.45. The number of unbranched alkanes of at least 4 members (excludes halogenated alkanes) is 1. The molecule has 6 heteroatoms. The molecule has 0 saturated carbocycles. The van der Waals surface area contributed by atoms with Gasteiger partial charge in [-0.05, 0) is 169 Å². The van der Waals surface area contributed by atoms with Crippen molar-refractivity contribution in [2.45, 2.75) is 81.9 Å². The number of hydrogen-bond donors (Lipinski definition) is 0. The lowest BCUT2D eigenvalue weighted by Gasteiger charge is -2.42. The summed E-state index contributed by atoms with van der Waals surface area (Å²) in [6, 6.07) is 93.9. The summed E-state index contributed by atoms with van der Waals surface area (Å²) in [6.45, 7) is 7.98. The predicted molar refractivity (Wildman–Crippen MR) is 340 cm³/mol. The molecule has 2 fully saturated rings. The van der Waals surface area contributed by atoms with Crippen LogP contribution >= 0.6 is 32.3 Å². The minimum Gasteiger partial charge on any atom is -0.254 e. The van der Waals surface area contributed by atoms with Crippen molar-refractivity contribution in [1.82, 2.24) is 8.88 Å². The molecule has 0 aliphatic carbocycles. The molecule has 0 amide bonds. The number of hydrogen-bond acceptors (Lipinski definition) is 2. The highest BCUT2D eigenvalue weighted by Crippen LogP contribution is 2.77. The quantitative estimate of drug-likeness (QED) is 0.0890. The van der Waals surface area contributed by atoms with E-state index in [2.05, 4.69) is 279 Å². The largest absolute Gasteiger partial charge is 0.254 e. The van der Waals surface area contributed by atoms with E-state index in [9.17, 15) is 0 Å². The fourth-order valence-electron chi connectivity index (χ4n) is 12.5. The van der Waals surface area contributed by atoms with Gasteiger partial charge >= 0.3 is 0 Å². The predicted octanol–water partition coefficient (Wildman–Crippen LogP) is 19.4. The van der Waals surface area contributed by atoms with Crippen molar-refractivity contribution in [3.05, 3.63) is 276 Å². The van der Waals surface area contributed by atoms with Gasteiger partial charge in [-0.15, -0.1) is 0 Å². The molecule has 2 aliphatic heterocycles. The number of nitrogens with zero attached hydrogens (tertiary/aromatic N) is 2. The Balaban J connectivity index is 0.934. The first-order chi connectivity index (χ1) is 37.9. The molecule has 2 unspecified atom stereocenters. The van der Waals surface area contributed by atoms with Crippen molar-refractivity contribution in [2.75, 3.05) is 13.6 Å². The molecule has 0 spiro atoms. The molecule has 2 heterocycles. The summed E-state index contributed by atoms with van der Waals surface area (Å²) in [5.74, 6) is 0. The Morgan fingerprint density at radius 2 is 0.857 bits per heavy atom. The molecule has 10 aromatic carbocycles. The van der Waals surface area contributed by atoms with Crippen LogP contribution in [0, 0.1) is 13.8 Å². The molecule has 2 aliphatic rings. The standard InChI is InChI=1S/C71H70N2P4/c1-5-6-47-73(77-69(55-22-11-7-12-23-55)44-45-70(77)56-24-13-8-14-25-56)75(65-41-39-54-21-19-20-26-58(54)49-65)66-42-40-59-48-61(38-37-60(59)50-66)67-51-62(36-33-53(67)3)71-46-43-68(57-34-31-52(2)32-35-57)76(71)72(4)74(63-27-15-9-16-28-63)64-29-17-10-18-30-64/h7-42,48-51,68-71H,5-6,43-47H2,1-4H3/t68-,69-,70-,71-,75?,76?/m0/s1. The highest BCUT2D eigenvalue weighted by atomic mass is 31.2. The second-order valence-electron chi connectivity index (χ2n) is 21.3. The molecule has 12 rings (SSSR count). The maximum absolute atomic E-state index is 3.09. The fraction of sp³-hybridized carbons (Fsp3) is 0.211. The molecule has 10 aromatic rings. The van der Waals surface area contributed by atoms with Gasteiger partial charge in [0.1, 0.15) is 0 Å². The van der Waals surface area contributed by atoms with Gasteiger partial charge in [0, 0.05) is 45.3 Å². The van der Waals surface area contributed by atoms with Gasteiger partial charge in [0.2, 0.25) is 0 Å². The van der Waals surface area contributed by atoms with Gasteiger partial charge in [-0.25, -0.2) is 0 Å². The van der Waals surface area contributed by atoms with E-state index < -0.39 is 32.3 Å². The summed E-state index contributed by atoms with van der Waals surface area (Å²) < 4.78 is 5.95. The van der Waals surface area contributed by atoms with Gasteiger partial charge in [0.15, 0.2) is 0 Å². The van der Waals surface area contributed by atoms with Crippen molar-refractivity contribution < 1.29 is 0 Å². The second kappa shape index (κ2) is 23.8. The van der Waals surface area contributed by atoms with Crippen molar-refractivity contribution in [2.24, 2.45) is 0 Å². The van der Waals surface area contributed by atoms with Gasteiger partial charge < -0.3 is 0 Å². The van der Waals surface area contributed by atoms with Crippen LogP contribution in [0.4, 0.5) is 0 Å². The third kappa shape index (κ3) is 10.9. The van der Waals surface area contributed by atoms with Crippen LogP contribution in [0.2, 0.25) is 0 Å². The first kappa shape index (κ1) is 52.1. The minimum absolute atomic E-state index is 0.440. The van der Waals surface area contributed by atoms with Crippen molar-refractivity contribution in [3.63, 3.8) is 0 Å². The van der Waals surface area contributed by atoms with Crippen molar-refractivity contribution in [1.29, 1.82) is 0 Å². The van der Waals surface area contributed by atoms with Gasteiger partial charge in [-0.3, -0.25) is 8.88 Å². The van der Waals surface area contributed by atoms with Crippen molar-refractivity contribution >= 4 is 75.1 Å². The average Bonchev–Trinajstić information content (AvgIpc) is 4.17. The van der Waals surface area contributed by atoms with Crippen LogP contribution in [0.1, 0.15) is 101 Å². The molecule has 384 valence electrons. The average molecular weight is 1080 g/mol. The first-order valence-electron chi connectivity index (χ1n) is 28.0. The molecule has 77 heavy (non-hydrogen) atoms. The van der Waals surface area contributed by atoms with Crippen LogP contribution in [0.5, 0.6) is 0 Å². The Hall–Kier alpha value is -5.64. The van der Waals surface area contributed by atoms with E-state index in [1.807, 2.05) is 0 Å². The van der Waals surface area contributed by atoms with Gasteiger partial charge in [0.05, 0.1) is 0 Å². The first-order valence-corrected chi connectivity index (χ1v) is 33.4. The SMILES string of the molecule is CCCCN(P(c1ccc2ccccc2c1)c1ccc2cc(-c3cc([C@@H]4CC[C@@H](c5ccc(C)cc5)P4N(C)P(c4ccccc4)c4ccccc4)ccc3C)ccc2c1)P1[C@H](c2ccccc2)CC[C@H]1c1ccccc1. The summed E-state index contributed by atoms with van der Waals surface area (Å²) in [7, 11) is -0.417. The van der Waals surface area contributed by atoms with E-state index >= 15 is 0 Å². The van der Waals surface area contributed by atoms with E-state index in [1.165, 1.54) is 126 Å². The van der Waals surface area contributed by atoms with E-state index in [1.54, 1.807) is 0 Å². The maximum atomic E-state index is 3.09. The summed E-state index contributed by atoms with van der Waals surface area (Å²) in [4.78, 5) is 0. The second-order valence-corrected chi connectivity index (χ2v) is 31.4. The molecule has 0 bridgehead atoms. The number of rotatable bonds is 16. The number of fused-ring (bicyclic) bond motifs is 2.